The Morgan fingerprint density at radius 1 is 0.632 bits per heavy atom. The highest BCUT2D eigenvalue weighted by Gasteiger charge is 2.28. The van der Waals surface area contributed by atoms with Gasteiger partial charge in [-0.3, -0.25) is 0 Å². The number of hydrogen-bond acceptors (Lipinski definition) is 2. The maximum absolute atomic E-state index is 6.88. The zero-order valence-electron chi connectivity index (χ0n) is 31.1. The van der Waals surface area contributed by atoms with Crippen LogP contribution in [0.3, 0.4) is 0 Å². The molecule has 1 atom stereocenters. The fraction of sp³-hybridized carbons (Fsp3) is 0.0588. The van der Waals surface area contributed by atoms with Gasteiger partial charge in [0.15, 0.2) is 5.84 Å². The maximum atomic E-state index is 6.88. The van der Waals surface area contributed by atoms with Crippen molar-refractivity contribution in [3.63, 3.8) is 0 Å². The molecule has 0 saturated heterocycles. The number of nitrogens with two attached hydrogens (primary N) is 1. The van der Waals surface area contributed by atoms with E-state index >= 15 is 0 Å². The molecule has 11 rings (SSSR count). The van der Waals surface area contributed by atoms with Crippen molar-refractivity contribution in [3.05, 3.63) is 199 Å². The van der Waals surface area contributed by atoms with Crippen molar-refractivity contribution in [1.29, 1.82) is 0 Å². The second-order valence-corrected chi connectivity index (χ2v) is 15.9. The van der Waals surface area contributed by atoms with E-state index in [9.17, 15) is 0 Å². The zero-order chi connectivity index (χ0) is 37.9. The Balaban J connectivity index is 1.10. The fourth-order valence-corrected chi connectivity index (χ4v) is 10.1. The average molecular weight is 752 g/mol. The number of para-hydroxylation sites is 2. The number of hydrogen-bond donors (Lipinski definition) is 1. The summed E-state index contributed by atoms with van der Waals surface area (Å²) in [4.78, 5) is 11.7. The maximum Gasteiger partial charge on any atom is 0.158 e. The first-order valence-corrected chi connectivity index (χ1v) is 20.3. The predicted octanol–water partition coefficient (Wildman–Crippen LogP) is 12.2. The van der Waals surface area contributed by atoms with Gasteiger partial charge in [0.2, 0.25) is 0 Å². The Morgan fingerprint density at radius 2 is 1.33 bits per heavy atom. The molecular weight excluding hydrogens is 715 g/mol. The van der Waals surface area contributed by atoms with Gasteiger partial charge in [0, 0.05) is 48.5 Å². The van der Waals surface area contributed by atoms with Crippen molar-refractivity contribution in [1.82, 2.24) is 9.13 Å². The number of nitrogens with zero attached hydrogens (tertiary/aromatic N) is 4. The molecule has 2 aromatic heterocycles. The van der Waals surface area contributed by atoms with Crippen LogP contribution in [0.1, 0.15) is 23.1 Å². The fourth-order valence-electron chi connectivity index (χ4n) is 8.71. The summed E-state index contributed by atoms with van der Waals surface area (Å²) >= 11 is 1.91. The van der Waals surface area contributed by atoms with Crippen LogP contribution >= 0.6 is 11.8 Å². The first-order valence-electron chi connectivity index (χ1n) is 19.4. The van der Waals surface area contributed by atoms with E-state index in [-0.39, 0.29) is 0 Å². The Morgan fingerprint density at radius 3 is 2.16 bits per heavy atom. The number of fused-ring (bicyclic) bond motifs is 10. The van der Waals surface area contributed by atoms with E-state index in [0.717, 1.165) is 45.3 Å². The molecule has 2 N–H and O–H groups in total. The molecule has 0 bridgehead atoms. The molecule has 0 spiro atoms. The highest BCUT2D eigenvalue weighted by atomic mass is 32.2. The molecule has 6 heteroatoms. The standard InChI is InChI=1S/C51H37N5S/c52-50(36-26-27-41-40-22-9-12-25-46(40)57-47(41)31-36)54-51(34-16-5-2-6-17-34)53-32-55-44-23-10-7-20-38(44)42-28-29-43-39-21-8-11-24-45(39)56(49(43)48(42)55)37-19-13-18-35(30-37)33-14-3-1-4-15-33/h1-24,26-31,46H,25,32H2,(H2,52,53,54). The highest BCUT2D eigenvalue weighted by Crippen LogP contribution is 2.48. The number of thioether (sulfide) groups is 1. The third-order valence-electron chi connectivity index (χ3n) is 11.4. The van der Waals surface area contributed by atoms with Crippen LogP contribution in [-0.2, 0) is 6.67 Å². The van der Waals surface area contributed by atoms with E-state index in [0.29, 0.717) is 23.6 Å². The zero-order valence-corrected chi connectivity index (χ0v) is 31.9. The third kappa shape index (κ3) is 5.63. The van der Waals surface area contributed by atoms with Crippen LogP contribution < -0.4 is 5.73 Å². The molecule has 9 aromatic rings. The molecule has 2 aliphatic rings. The van der Waals surface area contributed by atoms with Gasteiger partial charge < -0.3 is 14.9 Å². The lowest BCUT2D eigenvalue weighted by atomic mass is 9.96. The highest BCUT2D eigenvalue weighted by molar-refractivity contribution is 8.00. The summed E-state index contributed by atoms with van der Waals surface area (Å²) in [6.07, 6.45) is 7.70. The molecule has 0 fully saturated rings. The van der Waals surface area contributed by atoms with Crippen molar-refractivity contribution < 1.29 is 0 Å². The lowest BCUT2D eigenvalue weighted by molar-refractivity contribution is 0.792. The molecule has 7 aromatic carbocycles. The summed E-state index contributed by atoms with van der Waals surface area (Å²) in [6.45, 7) is 0.346. The van der Waals surface area contributed by atoms with Crippen LogP contribution in [0, 0.1) is 0 Å². The predicted molar refractivity (Wildman–Crippen MR) is 241 cm³/mol. The Hall–Kier alpha value is -6.89. The van der Waals surface area contributed by atoms with Crippen LogP contribution in [0.2, 0.25) is 0 Å². The molecule has 1 aliphatic heterocycles. The molecular formula is C51H37N5S. The van der Waals surface area contributed by atoms with Crippen LogP contribution in [0.25, 0.3) is 66.0 Å². The van der Waals surface area contributed by atoms with Gasteiger partial charge in [0.25, 0.3) is 0 Å². The average Bonchev–Trinajstić information content (AvgIpc) is 3.93. The topological polar surface area (TPSA) is 60.6 Å². The van der Waals surface area contributed by atoms with Crippen molar-refractivity contribution in [2.45, 2.75) is 23.2 Å². The first-order chi connectivity index (χ1) is 28.2. The number of amidine groups is 2. The van der Waals surface area contributed by atoms with Crippen LogP contribution in [0.4, 0.5) is 0 Å². The molecule has 272 valence electrons. The largest absolute Gasteiger partial charge is 0.383 e. The van der Waals surface area contributed by atoms with Crippen molar-refractivity contribution >= 4 is 72.6 Å². The SMILES string of the molecule is N/C(=N\C(=N/Cn1c2ccccc2c2ccc3c4ccccc4n(-c4cccc(-c5ccccc5)c4)c3c21)c1ccccc1)c1ccc2c(c1)SC1CC=CC=C21. The van der Waals surface area contributed by atoms with Gasteiger partial charge in [0.05, 0.1) is 22.1 Å². The van der Waals surface area contributed by atoms with E-state index in [2.05, 4.69) is 173 Å². The summed E-state index contributed by atoms with van der Waals surface area (Å²) < 4.78 is 4.79. The first kappa shape index (κ1) is 33.4. The number of aromatic nitrogens is 2. The van der Waals surface area contributed by atoms with Gasteiger partial charge in [-0.25, -0.2) is 9.98 Å². The quantitative estimate of drug-likeness (QED) is 0.136. The summed E-state index contributed by atoms with van der Waals surface area (Å²) in [6, 6.07) is 58.1. The van der Waals surface area contributed by atoms with E-state index < -0.39 is 0 Å². The van der Waals surface area contributed by atoms with Gasteiger partial charge in [-0.2, -0.15) is 0 Å². The summed E-state index contributed by atoms with van der Waals surface area (Å²) in [5.74, 6) is 1.04. The van der Waals surface area contributed by atoms with Gasteiger partial charge in [-0.05, 0) is 59.0 Å². The van der Waals surface area contributed by atoms with Gasteiger partial charge in [-0.15, -0.1) is 11.8 Å². The van der Waals surface area contributed by atoms with Gasteiger partial charge >= 0.3 is 0 Å². The summed E-state index contributed by atoms with van der Waals surface area (Å²) in [5.41, 5.74) is 19.4. The van der Waals surface area contributed by atoms with Crippen LogP contribution in [0.5, 0.6) is 0 Å². The van der Waals surface area contributed by atoms with E-state index in [1.54, 1.807) is 0 Å². The number of allylic oxidation sites excluding steroid dienone is 3. The molecule has 1 aliphatic carbocycles. The molecule has 5 nitrogen and oxygen atoms in total. The normalized spacial score (nSPS) is 15.4. The van der Waals surface area contributed by atoms with Crippen LogP contribution in [-0.4, -0.2) is 26.1 Å². The van der Waals surface area contributed by atoms with Gasteiger partial charge in [0.1, 0.15) is 12.5 Å². The smallest absolute Gasteiger partial charge is 0.158 e. The second kappa shape index (κ2) is 13.7. The van der Waals surface area contributed by atoms with Crippen molar-refractivity contribution in [2.75, 3.05) is 0 Å². The van der Waals surface area contributed by atoms with Crippen molar-refractivity contribution in [3.8, 4) is 16.8 Å². The molecule has 0 saturated carbocycles. The summed E-state index contributed by atoms with van der Waals surface area (Å²) in [7, 11) is 0. The minimum atomic E-state index is 0.346. The Labute approximate surface area is 334 Å². The second-order valence-electron chi connectivity index (χ2n) is 14.7. The molecule has 0 radical (unpaired) electrons. The lowest BCUT2D eigenvalue weighted by Gasteiger charge is -2.13. The Kier molecular flexibility index (Phi) is 8.04. The number of benzene rings is 7. The molecule has 57 heavy (non-hydrogen) atoms. The Bertz CT molecular complexity index is 3160. The lowest BCUT2D eigenvalue weighted by Crippen LogP contribution is -2.17. The van der Waals surface area contributed by atoms with Crippen molar-refractivity contribution in [2.24, 2.45) is 15.7 Å². The number of rotatable bonds is 6. The molecule has 0 amide bonds. The third-order valence-corrected chi connectivity index (χ3v) is 12.7. The minimum Gasteiger partial charge on any atom is -0.383 e. The van der Waals surface area contributed by atoms with Gasteiger partial charge in [-0.1, -0.05) is 152 Å². The van der Waals surface area contributed by atoms with E-state index in [4.69, 9.17) is 15.7 Å². The molecule has 3 heterocycles. The van der Waals surface area contributed by atoms with E-state index in [1.165, 1.54) is 48.7 Å². The van der Waals surface area contributed by atoms with E-state index in [1.807, 2.05) is 30.0 Å². The summed E-state index contributed by atoms with van der Waals surface area (Å²) in [5, 5.41) is 5.24. The monoisotopic (exact) mass is 751 g/mol. The number of aliphatic imine (C=N–C) groups is 2. The molecule has 1 unspecified atom stereocenters. The van der Waals surface area contributed by atoms with Crippen LogP contribution in [0.15, 0.2) is 197 Å². The minimum absolute atomic E-state index is 0.346.